The molecule has 2 aliphatic carbocycles. The van der Waals surface area contributed by atoms with Gasteiger partial charge in [0.15, 0.2) is 5.82 Å². The fourth-order valence-corrected chi connectivity index (χ4v) is 5.95. The summed E-state index contributed by atoms with van der Waals surface area (Å²) in [7, 11) is 0. The molecule has 2 aliphatic rings. The van der Waals surface area contributed by atoms with Crippen molar-refractivity contribution in [2.45, 2.75) is 76.2 Å². The lowest BCUT2D eigenvalue weighted by Crippen LogP contribution is -2.42. The van der Waals surface area contributed by atoms with Crippen molar-refractivity contribution in [1.29, 1.82) is 0 Å². The van der Waals surface area contributed by atoms with Gasteiger partial charge in [0.25, 0.3) is 5.91 Å². The fraction of sp³-hybridized carbons (Fsp3) is 0.371. The molecule has 4 aromatic rings. The third-order valence-corrected chi connectivity index (χ3v) is 8.92. The summed E-state index contributed by atoms with van der Waals surface area (Å²) in [5, 5.41) is 12.3. The predicted octanol–water partition coefficient (Wildman–Crippen LogP) is 6.59. The molecule has 0 aliphatic heterocycles. The molecule has 2 fully saturated rings. The second-order valence-corrected chi connectivity index (χ2v) is 11.9. The zero-order chi connectivity index (χ0) is 29.8. The zero-order valence-corrected chi connectivity index (χ0v) is 24.4. The SMILES string of the molecule is CCC1CCC(c2ccc(-c3cnc(-c4ccc(C[C@H](NC(=O)c5cnc(C6CC6)nc5)C(=O)O)cc4)nc3)cc2)CC1. The molecule has 1 amide bonds. The topological polar surface area (TPSA) is 118 Å². The highest BCUT2D eigenvalue weighted by atomic mass is 16.4. The summed E-state index contributed by atoms with van der Waals surface area (Å²) in [6, 6.07) is 15.2. The highest BCUT2D eigenvalue weighted by Gasteiger charge is 2.27. The number of hydrogen-bond donors (Lipinski definition) is 2. The molecule has 43 heavy (non-hydrogen) atoms. The first kappa shape index (κ1) is 28.6. The summed E-state index contributed by atoms with van der Waals surface area (Å²) in [4.78, 5) is 42.3. The van der Waals surface area contributed by atoms with Gasteiger partial charge in [0.05, 0.1) is 5.56 Å². The Hall–Kier alpha value is -4.46. The summed E-state index contributed by atoms with van der Waals surface area (Å²) in [6.07, 6.45) is 15.4. The van der Waals surface area contributed by atoms with Crippen molar-refractivity contribution in [2.24, 2.45) is 5.92 Å². The van der Waals surface area contributed by atoms with Crippen LogP contribution in [0, 0.1) is 5.92 Å². The first-order chi connectivity index (χ1) is 21.0. The Morgan fingerprint density at radius 3 is 1.95 bits per heavy atom. The maximum absolute atomic E-state index is 12.7. The number of carbonyl (C=O) groups excluding carboxylic acids is 1. The number of nitrogens with zero attached hydrogens (tertiary/aromatic N) is 4. The van der Waals surface area contributed by atoms with Crippen LogP contribution in [0.1, 0.15) is 91.0 Å². The molecule has 2 N–H and O–H groups in total. The number of amides is 1. The zero-order valence-electron chi connectivity index (χ0n) is 24.4. The van der Waals surface area contributed by atoms with Crippen LogP contribution in [0.3, 0.4) is 0 Å². The van der Waals surface area contributed by atoms with E-state index in [0.717, 1.165) is 46.8 Å². The van der Waals surface area contributed by atoms with Gasteiger partial charge in [-0.25, -0.2) is 24.7 Å². The quantitative estimate of drug-likeness (QED) is 0.219. The van der Waals surface area contributed by atoms with Crippen molar-refractivity contribution >= 4 is 11.9 Å². The van der Waals surface area contributed by atoms with Crippen LogP contribution >= 0.6 is 0 Å². The van der Waals surface area contributed by atoms with Gasteiger partial charge in [-0.1, -0.05) is 61.9 Å². The summed E-state index contributed by atoms with van der Waals surface area (Å²) >= 11 is 0. The van der Waals surface area contributed by atoms with Gasteiger partial charge < -0.3 is 10.4 Å². The van der Waals surface area contributed by atoms with Gasteiger partial charge in [-0.3, -0.25) is 4.79 Å². The Balaban J connectivity index is 1.06. The van der Waals surface area contributed by atoms with E-state index in [1.165, 1.54) is 50.1 Å². The second-order valence-electron chi connectivity index (χ2n) is 11.9. The van der Waals surface area contributed by atoms with E-state index in [1.807, 2.05) is 36.7 Å². The van der Waals surface area contributed by atoms with Gasteiger partial charge in [0.2, 0.25) is 0 Å². The van der Waals surface area contributed by atoms with Crippen molar-refractivity contribution in [1.82, 2.24) is 25.3 Å². The molecule has 0 radical (unpaired) electrons. The van der Waals surface area contributed by atoms with E-state index in [4.69, 9.17) is 0 Å². The summed E-state index contributed by atoms with van der Waals surface area (Å²) < 4.78 is 0. The Morgan fingerprint density at radius 2 is 1.37 bits per heavy atom. The number of hydrogen-bond acceptors (Lipinski definition) is 6. The molecule has 1 atom stereocenters. The minimum atomic E-state index is -1.11. The van der Waals surface area contributed by atoms with E-state index < -0.39 is 17.9 Å². The molecule has 0 unspecified atom stereocenters. The molecule has 6 rings (SSSR count). The van der Waals surface area contributed by atoms with Crippen molar-refractivity contribution in [2.75, 3.05) is 0 Å². The first-order valence-corrected chi connectivity index (χ1v) is 15.3. The third-order valence-electron chi connectivity index (χ3n) is 8.92. The lowest BCUT2D eigenvalue weighted by molar-refractivity contribution is -0.139. The third kappa shape index (κ3) is 6.96. The van der Waals surface area contributed by atoms with Crippen LogP contribution in [-0.2, 0) is 11.2 Å². The number of carbonyl (C=O) groups is 2. The fourth-order valence-electron chi connectivity index (χ4n) is 5.95. The van der Waals surface area contributed by atoms with Crippen LogP contribution in [0.15, 0.2) is 73.3 Å². The first-order valence-electron chi connectivity index (χ1n) is 15.3. The summed E-state index contributed by atoms with van der Waals surface area (Å²) in [6.45, 7) is 2.30. The molecule has 2 heterocycles. The average Bonchev–Trinajstić information content (AvgIpc) is 3.91. The minimum Gasteiger partial charge on any atom is -0.480 e. The predicted molar refractivity (Wildman–Crippen MR) is 164 cm³/mol. The van der Waals surface area contributed by atoms with Crippen LogP contribution in [0.2, 0.25) is 0 Å². The molecular formula is C35H37N5O3. The van der Waals surface area contributed by atoms with Gasteiger partial charge >= 0.3 is 5.97 Å². The van der Waals surface area contributed by atoms with E-state index in [9.17, 15) is 14.7 Å². The van der Waals surface area contributed by atoms with Crippen molar-refractivity contribution in [3.05, 3.63) is 95.8 Å². The second kappa shape index (κ2) is 12.8. The molecule has 2 aromatic carbocycles. The van der Waals surface area contributed by atoms with Crippen molar-refractivity contribution < 1.29 is 14.7 Å². The standard InChI is InChI=1S/C35H37N5O3/c1-2-22-3-7-24(8-4-22)25-11-13-26(14-12-25)29-18-36-32(37-19-29)27-9-5-23(6-10-27)17-31(35(42)43)40-34(41)30-20-38-33(39-21-30)28-15-16-28/h5-6,9-14,18-22,24,28,31H,2-4,7-8,15-17H2,1H3,(H,40,41)(H,42,43)/t22?,24?,31-/m0/s1. The van der Waals surface area contributed by atoms with Gasteiger partial charge in [-0.15, -0.1) is 0 Å². The molecular weight excluding hydrogens is 538 g/mol. The number of aromatic nitrogens is 4. The van der Waals surface area contributed by atoms with E-state index in [2.05, 4.69) is 56.4 Å². The minimum absolute atomic E-state index is 0.137. The molecule has 0 bridgehead atoms. The highest BCUT2D eigenvalue weighted by Crippen LogP contribution is 2.38. The summed E-state index contributed by atoms with van der Waals surface area (Å²) in [5.74, 6) is 1.66. The normalized spacial score (nSPS) is 19.0. The van der Waals surface area contributed by atoms with E-state index in [0.29, 0.717) is 17.7 Å². The number of aliphatic carboxylic acids is 1. The average molecular weight is 576 g/mol. The molecule has 2 aromatic heterocycles. The lowest BCUT2D eigenvalue weighted by Gasteiger charge is -2.28. The molecule has 8 heteroatoms. The monoisotopic (exact) mass is 575 g/mol. The smallest absolute Gasteiger partial charge is 0.326 e. The molecule has 0 spiro atoms. The Kier molecular flexibility index (Phi) is 8.54. The Bertz CT molecular complexity index is 1540. The van der Waals surface area contributed by atoms with Gasteiger partial charge in [-0.05, 0) is 67.1 Å². The Labute approximate surface area is 252 Å². The van der Waals surface area contributed by atoms with Crippen LogP contribution in [-0.4, -0.2) is 43.0 Å². The van der Waals surface area contributed by atoms with Crippen LogP contribution in [0.5, 0.6) is 0 Å². The highest BCUT2D eigenvalue weighted by molar-refractivity contribution is 5.96. The number of carboxylic acids is 1. The maximum Gasteiger partial charge on any atom is 0.326 e. The largest absolute Gasteiger partial charge is 0.480 e. The molecule has 8 nitrogen and oxygen atoms in total. The lowest BCUT2D eigenvalue weighted by atomic mass is 9.78. The maximum atomic E-state index is 12.7. The Morgan fingerprint density at radius 1 is 0.767 bits per heavy atom. The molecule has 2 saturated carbocycles. The number of benzene rings is 2. The van der Waals surface area contributed by atoms with Crippen LogP contribution in [0.25, 0.3) is 22.5 Å². The van der Waals surface area contributed by atoms with Crippen LogP contribution < -0.4 is 5.32 Å². The van der Waals surface area contributed by atoms with Crippen molar-refractivity contribution in [3.8, 4) is 22.5 Å². The van der Waals surface area contributed by atoms with Gasteiger partial charge in [-0.2, -0.15) is 0 Å². The summed E-state index contributed by atoms with van der Waals surface area (Å²) in [5.41, 5.74) is 5.34. The van der Waals surface area contributed by atoms with Gasteiger partial charge in [0, 0.05) is 48.3 Å². The number of rotatable bonds is 10. The van der Waals surface area contributed by atoms with Gasteiger partial charge in [0.1, 0.15) is 11.9 Å². The number of carboxylic acid groups (broad SMARTS) is 1. The van der Waals surface area contributed by atoms with Crippen molar-refractivity contribution in [3.63, 3.8) is 0 Å². The van der Waals surface area contributed by atoms with E-state index in [-0.39, 0.29) is 12.0 Å². The molecule has 220 valence electrons. The van der Waals surface area contributed by atoms with Crippen LogP contribution in [0.4, 0.5) is 0 Å². The number of nitrogens with one attached hydrogen (secondary N) is 1. The molecule has 0 saturated heterocycles. The van der Waals surface area contributed by atoms with E-state index in [1.54, 1.807) is 0 Å². The van der Waals surface area contributed by atoms with E-state index >= 15 is 0 Å².